The number of amides is 1. The molecule has 0 saturated heterocycles. The van der Waals surface area contributed by atoms with Crippen LogP contribution in [0, 0.1) is 0 Å². The molecule has 1 unspecified atom stereocenters. The van der Waals surface area contributed by atoms with Crippen molar-refractivity contribution in [2.45, 2.75) is 25.2 Å². The Labute approximate surface area is 112 Å². The summed E-state index contributed by atoms with van der Waals surface area (Å²) in [7, 11) is 0. The zero-order valence-corrected chi connectivity index (χ0v) is 10.7. The first kappa shape index (κ1) is 13.2. The molecule has 2 aromatic rings. The van der Waals surface area contributed by atoms with Crippen molar-refractivity contribution in [1.82, 2.24) is 9.97 Å². The van der Waals surface area contributed by atoms with Crippen LogP contribution in [0.3, 0.4) is 0 Å². The molecule has 0 fully saturated rings. The van der Waals surface area contributed by atoms with E-state index < -0.39 is 0 Å². The lowest BCUT2D eigenvalue weighted by Gasteiger charge is -2.15. The summed E-state index contributed by atoms with van der Waals surface area (Å²) in [5.41, 5.74) is 7.67. The van der Waals surface area contributed by atoms with Crippen molar-refractivity contribution in [2.24, 2.45) is 5.73 Å². The van der Waals surface area contributed by atoms with Crippen LogP contribution in [0.1, 0.15) is 29.9 Å². The van der Waals surface area contributed by atoms with Crippen LogP contribution >= 0.6 is 0 Å². The molecule has 0 aromatic carbocycles. The lowest BCUT2D eigenvalue weighted by molar-refractivity contribution is -0.118. The number of aromatic nitrogens is 2. The van der Waals surface area contributed by atoms with E-state index in [1.54, 1.807) is 24.8 Å². The number of rotatable bonds is 6. The van der Waals surface area contributed by atoms with Gasteiger partial charge in [0.1, 0.15) is 0 Å². The molecule has 0 saturated carbocycles. The van der Waals surface area contributed by atoms with Gasteiger partial charge in [-0.25, -0.2) is 0 Å². The second kappa shape index (κ2) is 6.64. The lowest BCUT2D eigenvalue weighted by Crippen LogP contribution is -2.16. The monoisotopic (exact) mass is 255 g/mol. The third-order valence-electron chi connectivity index (χ3n) is 3.16. The fraction of sp³-hybridized carbons (Fsp3) is 0.267. The molecular formula is C15H17N3O. The van der Waals surface area contributed by atoms with E-state index in [0.29, 0.717) is 6.42 Å². The Morgan fingerprint density at radius 3 is 2.21 bits per heavy atom. The minimum Gasteiger partial charge on any atom is -0.370 e. The molecule has 98 valence electrons. The van der Waals surface area contributed by atoms with Crippen LogP contribution in [0.25, 0.3) is 0 Å². The highest BCUT2D eigenvalue weighted by molar-refractivity contribution is 5.74. The van der Waals surface area contributed by atoms with Gasteiger partial charge >= 0.3 is 0 Å². The predicted molar refractivity (Wildman–Crippen MR) is 73.3 cm³/mol. The molecule has 4 nitrogen and oxygen atoms in total. The second-order valence-corrected chi connectivity index (χ2v) is 4.54. The number of nitrogens with zero attached hydrogens (tertiary/aromatic N) is 2. The fourth-order valence-electron chi connectivity index (χ4n) is 2.16. The SMILES string of the molecule is NC(=O)CC(CCc1ccncc1)c1ccncc1. The van der Waals surface area contributed by atoms with Gasteiger partial charge in [0.15, 0.2) is 0 Å². The molecule has 2 rings (SSSR count). The predicted octanol–water partition coefficient (Wildman–Crippen LogP) is 2.07. The second-order valence-electron chi connectivity index (χ2n) is 4.54. The average Bonchev–Trinajstić information content (AvgIpc) is 2.45. The van der Waals surface area contributed by atoms with Gasteiger partial charge in [0, 0.05) is 31.2 Å². The summed E-state index contributed by atoms with van der Waals surface area (Å²) in [6, 6.07) is 7.88. The molecule has 0 radical (unpaired) electrons. The van der Waals surface area contributed by atoms with Crippen LogP contribution in [0.4, 0.5) is 0 Å². The van der Waals surface area contributed by atoms with E-state index in [0.717, 1.165) is 18.4 Å². The summed E-state index contributed by atoms with van der Waals surface area (Å²) in [5.74, 6) is -0.120. The normalized spacial score (nSPS) is 12.0. The first-order chi connectivity index (χ1) is 9.25. The largest absolute Gasteiger partial charge is 0.370 e. The maximum Gasteiger partial charge on any atom is 0.218 e. The Morgan fingerprint density at radius 2 is 1.63 bits per heavy atom. The van der Waals surface area contributed by atoms with Crippen LogP contribution in [-0.4, -0.2) is 15.9 Å². The molecular weight excluding hydrogens is 238 g/mol. The highest BCUT2D eigenvalue weighted by Crippen LogP contribution is 2.24. The minimum atomic E-state index is -0.267. The number of hydrogen-bond donors (Lipinski definition) is 1. The van der Waals surface area contributed by atoms with Crippen molar-refractivity contribution in [1.29, 1.82) is 0 Å². The summed E-state index contributed by atoms with van der Waals surface area (Å²) in [5, 5.41) is 0. The first-order valence-electron chi connectivity index (χ1n) is 6.33. The van der Waals surface area contributed by atoms with Gasteiger partial charge in [-0.05, 0) is 54.2 Å². The molecule has 0 aliphatic rings. The summed E-state index contributed by atoms with van der Waals surface area (Å²) < 4.78 is 0. The van der Waals surface area contributed by atoms with Crippen LogP contribution in [0.15, 0.2) is 49.1 Å². The van der Waals surface area contributed by atoms with E-state index in [9.17, 15) is 4.79 Å². The topological polar surface area (TPSA) is 68.9 Å². The van der Waals surface area contributed by atoms with Crippen molar-refractivity contribution in [3.63, 3.8) is 0 Å². The number of carbonyl (C=O) groups excluding carboxylic acids is 1. The molecule has 19 heavy (non-hydrogen) atoms. The van der Waals surface area contributed by atoms with E-state index in [-0.39, 0.29) is 11.8 Å². The maximum absolute atomic E-state index is 11.2. The average molecular weight is 255 g/mol. The quantitative estimate of drug-likeness (QED) is 0.859. The van der Waals surface area contributed by atoms with Gasteiger partial charge < -0.3 is 5.73 Å². The molecule has 2 N–H and O–H groups in total. The Bertz CT molecular complexity index is 513. The van der Waals surface area contributed by atoms with Gasteiger partial charge in [0.2, 0.25) is 5.91 Å². The molecule has 0 aliphatic heterocycles. The molecule has 2 aromatic heterocycles. The smallest absolute Gasteiger partial charge is 0.218 e. The number of pyridine rings is 2. The van der Waals surface area contributed by atoms with E-state index in [4.69, 9.17) is 5.73 Å². The van der Waals surface area contributed by atoms with Crippen molar-refractivity contribution in [3.05, 3.63) is 60.2 Å². The fourth-order valence-corrected chi connectivity index (χ4v) is 2.16. The third kappa shape index (κ3) is 4.17. The highest BCUT2D eigenvalue weighted by atomic mass is 16.1. The van der Waals surface area contributed by atoms with Crippen LogP contribution in [0.5, 0.6) is 0 Å². The van der Waals surface area contributed by atoms with Crippen LogP contribution in [-0.2, 0) is 11.2 Å². The Kier molecular flexibility index (Phi) is 4.61. The molecule has 1 atom stereocenters. The van der Waals surface area contributed by atoms with Gasteiger partial charge in [-0.2, -0.15) is 0 Å². The number of hydrogen-bond acceptors (Lipinski definition) is 3. The van der Waals surface area contributed by atoms with Crippen molar-refractivity contribution in [2.75, 3.05) is 0 Å². The molecule has 4 heteroatoms. The zero-order chi connectivity index (χ0) is 13.5. The molecule has 0 aliphatic carbocycles. The van der Waals surface area contributed by atoms with Crippen LogP contribution < -0.4 is 5.73 Å². The Hall–Kier alpha value is -2.23. The van der Waals surface area contributed by atoms with E-state index in [1.807, 2.05) is 24.3 Å². The van der Waals surface area contributed by atoms with Crippen molar-refractivity contribution in [3.8, 4) is 0 Å². The standard InChI is InChI=1S/C15H17N3O/c16-15(19)11-14(13-5-9-18-10-6-13)2-1-12-3-7-17-8-4-12/h3-10,14H,1-2,11H2,(H2,16,19). The summed E-state index contributed by atoms with van der Waals surface area (Å²) in [4.78, 5) is 19.2. The van der Waals surface area contributed by atoms with Crippen molar-refractivity contribution < 1.29 is 4.79 Å². The van der Waals surface area contributed by atoms with E-state index in [1.165, 1.54) is 5.56 Å². The highest BCUT2D eigenvalue weighted by Gasteiger charge is 2.14. The number of carbonyl (C=O) groups is 1. The summed E-state index contributed by atoms with van der Waals surface area (Å²) in [6.07, 6.45) is 9.22. The third-order valence-corrected chi connectivity index (χ3v) is 3.16. The molecule has 0 spiro atoms. The lowest BCUT2D eigenvalue weighted by atomic mass is 9.90. The molecule has 0 bridgehead atoms. The number of primary amides is 1. The number of aryl methyl sites for hydroxylation is 1. The van der Waals surface area contributed by atoms with E-state index in [2.05, 4.69) is 9.97 Å². The van der Waals surface area contributed by atoms with Gasteiger partial charge in [-0.3, -0.25) is 14.8 Å². The Balaban J connectivity index is 2.04. The molecule has 2 heterocycles. The van der Waals surface area contributed by atoms with Gasteiger partial charge in [0.05, 0.1) is 0 Å². The first-order valence-corrected chi connectivity index (χ1v) is 6.33. The minimum absolute atomic E-state index is 0.147. The van der Waals surface area contributed by atoms with Gasteiger partial charge in [0.25, 0.3) is 0 Å². The Morgan fingerprint density at radius 1 is 1.05 bits per heavy atom. The van der Waals surface area contributed by atoms with Gasteiger partial charge in [-0.15, -0.1) is 0 Å². The van der Waals surface area contributed by atoms with Crippen molar-refractivity contribution >= 4 is 5.91 Å². The molecule has 1 amide bonds. The van der Waals surface area contributed by atoms with E-state index >= 15 is 0 Å². The number of nitrogens with two attached hydrogens (primary N) is 1. The zero-order valence-electron chi connectivity index (χ0n) is 10.7. The maximum atomic E-state index is 11.2. The summed E-state index contributed by atoms with van der Waals surface area (Å²) in [6.45, 7) is 0. The summed E-state index contributed by atoms with van der Waals surface area (Å²) >= 11 is 0. The van der Waals surface area contributed by atoms with Crippen LogP contribution in [0.2, 0.25) is 0 Å². The van der Waals surface area contributed by atoms with Gasteiger partial charge in [-0.1, -0.05) is 0 Å².